The highest BCUT2D eigenvalue weighted by Crippen LogP contribution is 2.51. The molecule has 0 N–H and O–H groups in total. The lowest BCUT2D eigenvalue weighted by atomic mass is 9.82. The summed E-state index contributed by atoms with van der Waals surface area (Å²) in [4.78, 5) is 10.9. The van der Waals surface area contributed by atoms with Gasteiger partial charge in [-0.1, -0.05) is 135 Å². The topological polar surface area (TPSA) is 35.6 Å². The van der Waals surface area contributed by atoms with Gasteiger partial charge in [-0.05, 0) is 29.8 Å². The van der Waals surface area contributed by atoms with Crippen LogP contribution in [0.4, 0.5) is 0 Å². The van der Waals surface area contributed by atoms with E-state index in [2.05, 4.69) is 163 Å². The van der Waals surface area contributed by atoms with Crippen molar-refractivity contribution in [3.8, 4) is 34.2 Å². The Morgan fingerprint density at radius 1 is 0.489 bits per heavy atom. The average molecular weight is 603 g/mol. The molecule has 1 aliphatic rings. The number of aromatic nitrogens is 4. The largest absolute Gasteiger partial charge is 0.307 e. The Bertz CT molecular complexity index is 2700. The highest BCUT2D eigenvalue weighted by Gasteiger charge is 2.41. The molecule has 0 atom stereocenters. The van der Waals surface area contributed by atoms with Crippen molar-refractivity contribution in [2.45, 2.75) is 19.3 Å². The fraction of sp³-hybridized carbons (Fsp3) is 0.0698. The van der Waals surface area contributed by atoms with E-state index in [1.54, 1.807) is 0 Å². The number of fused-ring (bicyclic) bond motifs is 10. The molecule has 0 amide bonds. The van der Waals surface area contributed by atoms with Crippen molar-refractivity contribution >= 4 is 43.6 Å². The second kappa shape index (κ2) is 9.51. The van der Waals surface area contributed by atoms with Crippen LogP contribution in [0.15, 0.2) is 146 Å². The molecule has 0 bridgehead atoms. The fourth-order valence-corrected chi connectivity index (χ4v) is 8.03. The van der Waals surface area contributed by atoms with Crippen LogP contribution in [0.2, 0.25) is 0 Å². The van der Waals surface area contributed by atoms with Gasteiger partial charge in [0.1, 0.15) is 5.82 Å². The van der Waals surface area contributed by atoms with Crippen molar-refractivity contribution in [3.05, 3.63) is 157 Å². The SMILES string of the molecule is CC1(C)c2ccccc2-c2nc(-c3ccccc3)nc(-n3c4ccccc4c4ccc5c6ccccc6n(-c6ccccc6)c5c43)c21. The van der Waals surface area contributed by atoms with Crippen molar-refractivity contribution in [3.63, 3.8) is 0 Å². The van der Waals surface area contributed by atoms with Gasteiger partial charge < -0.3 is 4.57 Å². The average Bonchev–Trinajstić information content (AvgIpc) is 3.72. The number of hydrogen-bond donors (Lipinski definition) is 0. The molecule has 0 fully saturated rings. The van der Waals surface area contributed by atoms with Crippen molar-refractivity contribution in [2.75, 3.05) is 0 Å². The van der Waals surface area contributed by atoms with Crippen LogP contribution in [-0.2, 0) is 5.41 Å². The summed E-state index contributed by atoms with van der Waals surface area (Å²) >= 11 is 0. The maximum Gasteiger partial charge on any atom is 0.162 e. The van der Waals surface area contributed by atoms with E-state index >= 15 is 0 Å². The maximum atomic E-state index is 5.54. The highest BCUT2D eigenvalue weighted by atomic mass is 15.1. The smallest absolute Gasteiger partial charge is 0.162 e. The first-order valence-electron chi connectivity index (χ1n) is 16.2. The van der Waals surface area contributed by atoms with E-state index in [0.717, 1.165) is 45.2 Å². The molecule has 0 unspecified atom stereocenters. The molecule has 3 aromatic heterocycles. The maximum absolute atomic E-state index is 5.54. The molecule has 0 spiro atoms. The Kier molecular flexibility index (Phi) is 5.31. The van der Waals surface area contributed by atoms with Crippen LogP contribution < -0.4 is 0 Å². The Morgan fingerprint density at radius 2 is 1.04 bits per heavy atom. The summed E-state index contributed by atoms with van der Waals surface area (Å²) in [5.74, 6) is 1.66. The third-order valence-corrected chi connectivity index (χ3v) is 10.1. The molecule has 0 saturated carbocycles. The second-order valence-electron chi connectivity index (χ2n) is 13.0. The van der Waals surface area contributed by atoms with Crippen molar-refractivity contribution < 1.29 is 0 Å². The van der Waals surface area contributed by atoms with E-state index in [4.69, 9.17) is 9.97 Å². The predicted octanol–water partition coefficient (Wildman–Crippen LogP) is 10.6. The van der Waals surface area contributed by atoms with Gasteiger partial charge in [0.05, 0.1) is 27.8 Å². The first-order chi connectivity index (χ1) is 23.1. The number of benzene rings is 6. The van der Waals surface area contributed by atoms with Crippen LogP contribution in [0, 0.1) is 0 Å². The second-order valence-corrected chi connectivity index (χ2v) is 13.0. The number of para-hydroxylation sites is 3. The van der Waals surface area contributed by atoms with Gasteiger partial charge in [-0.25, -0.2) is 9.97 Å². The van der Waals surface area contributed by atoms with Crippen LogP contribution in [-0.4, -0.2) is 19.1 Å². The lowest BCUT2D eigenvalue weighted by Gasteiger charge is -2.24. The van der Waals surface area contributed by atoms with E-state index in [0.29, 0.717) is 0 Å². The van der Waals surface area contributed by atoms with E-state index in [9.17, 15) is 0 Å². The van der Waals surface area contributed by atoms with Crippen LogP contribution in [0.3, 0.4) is 0 Å². The molecule has 0 aliphatic heterocycles. The Morgan fingerprint density at radius 3 is 1.74 bits per heavy atom. The van der Waals surface area contributed by atoms with Crippen LogP contribution >= 0.6 is 0 Å². The molecular weight excluding hydrogens is 573 g/mol. The first kappa shape index (κ1) is 26.2. The Hall–Kier alpha value is -6.00. The van der Waals surface area contributed by atoms with Gasteiger partial charge >= 0.3 is 0 Å². The molecule has 1 aliphatic carbocycles. The van der Waals surface area contributed by atoms with Crippen molar-refractivity contribution in [1.29, 1.82) is 0 Å². The third-order valence-electron chi connectivity index (χ3n) is 10.1. The Balaban J connectivity index is 1.45. The minimum atomic E-state index is -0.311. The third kappa shape index (κ3) is 3.53. The molecule has 222 valence electrons. The zero-order valence-corrected chi connectivity index (χ0v) is 26.1. The zero-order valence-electron chi connectivity index (χ0n) is 26.1. The molecule has 9 aromatic rings. The fourth-order valence-electron chi connectivity index (χ4n) is 8.03. The lowest BCUT2D eigenvalue weighted by Crippen LogP contribution is -2.20. The summed E-state index contributed by atoms with van der Waals surface area (Å²) in [6.07, 6.45) is 0. The number of hydrogen-bond acceptors (Lipinski definition) is 2. The van der Waals surface area contributed by atoms with Gasteiger partial charge in [0.15, 0.2) is 5.82 Å². The predicted molar refractivity (Wildman–Crippen MR) is 194 cm³/mol. The van der Waals surface area contributed by atoms with Gasteiger partial charge in [-0.2, -0.15) is 0 Å². The molecule has 4 heteroatoms. The molecule has 6 aromatic carbocycles. The van der Waals surface area contributed by atoms with Crippen molar-refractivity contribution in [1.82, 2.24) is 19.1 Å². The minimum Gasteiger partial charge on any atom is -0.307 e. The summed E-state index contributed by atoms with van der Waals surface area (Å²) in [6.45, 7) is 4.63. The summed E-state index contributed by atoms with van der Waals surface area (Å²) in [5, 5.41) is 4.86. The van der Waals surface area contributed by atoms with Crippen LogP contribution in [0.5, 0.6) is 0 Å². The molecule has 0 saturated heterocycles. The summed E-state index contributed by atoms with van der Waals surface area (Å²) < 4.78 is 4.87. The van der Waals surface area contributed by atoms with Gasteiger partial charge in [0.2, 0.25) is 0 Å². The van der Waals surface area contributed by atoms with Gasteiger partial charge in [-0.15, -0.1) is 0 Å². The Labute approximate surface area is 272 Å². The van der Waals surface area contributed by atoms with Crippen LogP contribution in [0.1, 0.15) is 25.0 Å². The molecule has 10 rings (SSSR count). The van der Waals surface area contributed by atoms with E-state index in [1.807, 2.05) is 6.07 Å². The van der Waals surface area contributed by atoms with Gasteiger partial charge in [0.25, 0.3) is 0 Å². The van der Waals surface area contributed by atoms with Gasteiger partial charge in [0, 0.05) is 49.3 Å². The standard InChI is InChI=1S/C43H30N4/c1-43(2)34-22-12-9-21-33(34)38-37(43)42(45-41(44-38)27-15-5-3-6-16-27)47-36-24-14-11-20-30(36)32-26-25-31-29-19-10-13-23-35(29)46(39(31)40(32)47)28-17-7-4-8-18-28/h3-26H,1-2H3. The summed E-state index contributed by atoms with van der Waals surface area (Å²) in [7, 11) is 0. The molecular formula is C43H30N4. The van der Waals surface area contributed by atoms with E-state index < -0.39 is 0 Å². The lowest BCUT2D eigenvalue weighted by molar-refractivity contribution is 0.650. The molecule has 0 radical (unpaired) electrons. The number of nitrogens with zero attached hydrogens (tertiary/aromatic N) is 4. The molecule has 4 nitrogen and oxygen atoms in total. The number of rotatable bonds is 3. The zero-order chi connectivity index (χ0) is 31.3. The first-order valence-corrected chi connectivity index (χ1v) is 16.2. The molecule has 3 heterocycles. The summed E-state index contributed by atoms with van der Waals surface area (Å²) in [6, 6.07) is 51.9. The monoisotopic (exact) mass is 602 g/mol. The van der Waals surface area contributed by atoms with Crippen LogP contribution in [0.25, 0.3) is 77.8 Å². The van der Waals surface area contributed by atoms with E-state index in [1.165, 1.54) is 43.7 Å². The summed E-state index contributed by atoms with van der Waals surface area (Å²) in [5.41, 5.74) is 11.1. The quantitative estimate of drug-likeness (QED) is 0.202. The minimum absolute atomic E-state index is 0.311. The van der Waals surface area contributed by atoms with Gasteiger partial charge in [-0.3, -0.25) is 4.57 Å². The van der Waals surface area contributed by atoms with E-state index in [-0.39, 0.29) is 5.41 Å². The highest BCUT2D eigenvalue weighted by molar-refractivity contribution is 6.23. The molecule has 47 heavy (non-hydrogen) atoms. The normalized spacial score (nSPS) is 13.5. The van der Waals surface area contributed by atoms with Crippen molar-refractivity contribution in [2.24, 2.45) is 0 Å².